The predicted molar refractivity (Wildman–Crippen MR) is 147 cm³/mol. The molecule has 2 aliphatic carbocycles. The van der Waals surface area contributed by atoms with Crippen LogP contribution in [0.4, 0.5) is 0 Å². The summed E-state index contributed by atoms with van der Waals surface area (Å²) in [5.74, 6) is 2.34. The minimum atomic E-state index is 0.674. The van der Waals surface area contributed by atoms with Gasteiger partial charge in [0.05, 0.1) is 0 Å². The van der Waals surface area contributed by atoms with Crippen LogP contribution in [0.5, 0.6) is 0 Å². The monoisotopic (exact) mass is 444 g/mol. The molecule has 1 fully saturated rings. The minimum absolute atomic E-state index is 0.674. The molecule has 1 atom stereocenters. The van der Waals surface area contributed by atoms with Crippen molar-refractivity contribution in [2.45, 2.75) is 104 Å². The van der Waals surface area contributed by atoms with Crippen LogP contribution >= 0.6 is 0 Å². The highest BCUT2D eigenvalue weighted by atomic mass is 14.3. The maximum atomic E-state index is 4.53. The van der Waals surface area contributed by atoms with E-state index in [1.807, 2.05) is 0 Å². The second kappa shape index (κ2) is 13.8. The third kappa shape index (κ3) is 8.16. The van der Waals surface area contributed by atoms with Crippen LogP contribution in [0, 0.1) is 17.8 Å². The van der Waals surface area contributed by atoms with Crippen molar-refractivity contribution in [2.75, 3.05) is 0 Å². The van der Waals surface area contributed by atoms with Gasteiger partial charge in [-0.1, -0.05) is 112 Å². The standard InChI is InChI=1S/C33H48/c1-5-7-9-10-12-28-15-20-31(21-16-28)27(4)32-22-17-29(18-23-32)14-13-26(3)33-24-19-30(25-33)11-8-6-2/h6,8,11,17-18,22-24,26,28,31H,4-5,7,9-10,12-16,19-21,25H2,1-3H3. The van der Waals surface area contributed by atoms with Crippen LogP contribution in [0.1, 0.15) is 109 Å². The van der Waals surface area contributed by atoms with Crippen molar-refractivity contribution in [3.8, 4) is 0 Å². The van der Waals surface area contributed by atoms with Crippen molar-refractivity contribution in [1.29, 1.82) is 0 Å². The Hall–Kier alpha value is -1.82. The number of benzene rings is 1. The summed E-state index contributed by atoms with van der Waals surface area (Å²) < 4.78 is 0. The topological polar surface area (TPSA) is 0 Å². The molecular weight excluding hydrogens is 396 g/mol. The molecule has 3 rings (SSSR count). The largest absolute Gasteiger partial charge is 0.0950 e. The number of aryl methyl sites for hydroxylation is 1. The summed E-state index contributed by atoms with van der Waals surface area (Å²) in [7, 11) is 0. The highest BCUT2D eigenvalue weighted by Crippen LogP contribution is 2.38. The van der Waals surface area contributed by atoms with Gasteiger partial charge >= 0.3 is 0 Å². The average Bonchev–Trinajstić information content (AvgIpc) is 3.33. The Bertz CT molecular complexity index is 808. The summed E-state index contributed by atoms with van der Waals surface area (Å²) in [5.41, 5.74) is 7.42. The first-order valence-corrected chi connectivity index (χ1v) is 13.9. The summed E-state index contributed by atoms with van der Waals surface area (Å²) >= 11 is 0. The third-order valence-corrected chi connectivity index (χ3v) is 8.21. The Morgan fingerprint density at radius 2 is 1.82 bits per heavy atom. The lowest BCUT2D eigenvalue weighted by atomic mass is 9.75. The van der Waals surface area contributed by atoms with Crippen LogP contribution in [0.15, 0.2) is 66.3 Å². The Morgan fingerprint density at radius 1 is 1.06 bits per heavy atom. The molecule has 1 saturated carbocycles. The van der Waals surface area contributed by atoms with Crippen LogP contribution in [0.2, 0.25) is 0 Å². The molecule has 180 valence electrons. The van der Waals surface area contributed by atoms with Gasteiger partial charge in [-0.15, -0.1) is 0 Å². The van der Waals surface area contributed by atoms with Gasteiger partial charge in [0.25, 0.3) is 0 Å². The van der Waals surface area contributed by atoms with E-state index in [1.54, 1.807) is 11.1 Å². The molecule has 0 heteroatoms. The van der Waals surface area contributed by atoms with E-state index in [1.165, 1.54) is 93.7 Å². The average molecular weight is 445 g/mol. The van der Waals surface area contributed by atoms with Crippen LogP contribution in [0.25, 0.3) is 5.57 Å². The normalized spacial score (nSPS) is 23.2. The molecular formula is C33H48. The smallest absolute Gasteiger partial charge is 0.00995 e. The fraction of sp³-hybridized carbons (Fsp3) is 0.576. The molecule has 0 spiro atoms. The van der Waals surface area contributed by atoms with Crippen LogP contribution in [0.3, 0.4) is 0 Å². The zero-order chi connectivity index (χ0) is 23.5. The zero-order valence-corrected chi connectivity index (χ0v) is 21.8. The lowest BCUT2D eigenvalue weighted by Gasteiger charge is -2.30. The van der Waals surface area contributed by atoms with E-state index in [0.29, 0.717) is 11.8 Å². The lowest BCUT2D eigenvalue weighted by molar-refractivity contribution is 0.294. The van der Waals surface area contributed by atoms with E-state index < -0.39 is 0 Å². The van der Waals surface area contributed by atoms with Gasteiger partial charge in [-0.3, -0.25) is 0 Å². The molecule has 0 bridgehead atoms. The van der Waals surface area contributed by atoms with Gasteiger partial charge in [0.1, 0.15) is 0 Å². The molecule has 1 aromatic rings. The number of hydrogen-bond donors (Lipinski definition) is 0. The maximum Gasteiger partial charge on any atom is -0.00995 e. The van der Waals surface area contributed by atoms with Gasteiger partial charge in [0, 0.05) is 0 Å². The van der Waals surface area contributed by atoms with Crippen molar-refractivity contribution in [2.24, 2.45) is 17.8 Å². The molecule has 0 aliphatic heterocycles. The molecule has 0 heterocycles. The fourth-order valence-electron chi connectivity index (χ4n) is 5.75. The first kappa shape index (κ1) is 25.8. The van der Waals surface area contributed by atoms with E-state index in [2.05, 4.69) is 75.9 Å². The van der Waals surface area contributed by atoms with E-state index in [4.69, 9.17) is 0 Å². The van der Waals surface area contributed by atoms with Gasteiger partial charge in [-0.25, -0.2) is 0 Å². The molecule has 0 amide bonds. The lowest BCUT2D eigenvalue weighted by Crippen LogP contribution is -2.15. The first-order valence-electron chi connectivity index (χ1n) is 13.9. The van der Waals surface area contributed by atoms with Crippen LogP contribution < -0.4 is 0 Å². The Kier molecular flexibility index (Phi) is 10.8. The summed E-state index contributed by atoms with van der Waals surface area (Å²) in [6.07, 6.45) is 26.4. The van der Waals surface area contributed by atoms with Crippen molar-refractivity contribution in [3.63, 3.8) is 0 Å². The van der Waals surface area contributed by atoms with Gasteiger partial charge in [0.15, 0.2) is 0 Å². The quantitative estimate of drug-likeness (QED) is 0.222. The summed E-state index contributed by atoms with van der Waals surface area (Å²) in [6.45, 7) is 11.3. The first-order chi connectivity index (χ1) is 16.1. The molecule has 0 N–H and O–H groups in total. The Labute approximate surface area is 205 Å². The fourth-order valence-corrected chi connectivity index (χ4v) is 5.75. The number of unbranched alkanes of at least 4 members (excludes halogenated alkanes) is 3. The van der Waals surface area contributed by atoms with Crippen molar-refractivity contribution >= 4 is 5.57 Å². The van der Waals surface area contributed by atoms with E-state index in [0.717, 1.165) is 12.3 Å². The third-order valence-electron chi connectivity index (χ3n) is 8.21. The Morgan fingerprint density at radius 3 is 2.52 bits per heavy atom. The molecule has 0 nitrogen and oxygen atoms in total. The zero-order valence-electron chi connectivity index (χ0n) is 21.8. The minimum Gasteiger partial charge on any atom is -0.0950 e. The predicted octanol–water partition coefficient (Wildman–Crippen LogP) is 10.3. The van der Waals surface area contributed by atoms with Crippen molar-refractivity contribution in [1.82, 2.24) is 0 Å². The highest BCUT2D eigenvalue weighted by Gasteiger charge is 2.23. The number of rotatable bonds is 12. The second-order valence-corrected chi connectivity index (χ2v) is 10.7. The van der Waals surface area contributed by atoms with E-state index >= 15 is 0 Å². The van der Waals surface area contributed by atoms with Gasteiger partial charge in [-0.2, -0.15) is 0 Å². The summed E-state index contributed by atoms with van der Waals surface area (Å²) in [4.78, 5) is 0. The highest BCUT2D eigenvalue weighted by molar-refractivity contribution is 5.65. The van der Waals surface area contributed by atoms with Gasteiger partial charge in [-0.05, 0) is 92.7 Å². The van der Waals surface area contributed by atoms with E-state index in [9.17, 15) is 0 Å². The maximum absolute atomic E-state index is 4.53. The van der Waals surface area contributed by atoms with Gasteiger partial charge < -0.3 is 0 Å². The summed E-state index contributed by atoms with van der Waals surface area (Å²) in [5, 5.41) is 0. The Balaban J connectivity index is 1.40. The summed E-state index contributed by atoms with van der Waals surface area (Å²) in [6, 6.07) is 9.39. The van der Waals surface area contributed by atoms with Crippen molar-refractivity contribution in [3.05, 3.63) is 77.4 Å². The molecule has 0 aromatic heterocycles. The number of hydrogen-bond acceptors (Lipinski definition) is 0. The van der Waals surface area contributed by atoms with Gasteiger partial charge in [0.2, 0.25) is 0 Å². The SMILES string of the molecule is C=C(c1ccc(CCC(C)C2=CCC(=CC=CC)C2)cc1)C1CCC(CCCCCC)CC1. The molecule has 1 aromatic carbocycles. The molecule has 33 heavy (non-hydrogen) atoms. The number of allylic oxidation sites excluding steroid dienone is 7. The molecule has 0 radical (unpaired) electrons. The second-order valence-electron chi connectivity index (χ2n) is 10.7. The van der Waals surface area contributed by atoms with Crippen LogP contribution in [-0.2, 0) is 6.42 Å². The molecule has 2 aliphatic rings. The van der Waals surface area contributed by atoms with E-state index in [-0.39, 0.29) is 0 Å². The van der Waals surface area contributed by atoms with Crippen molar-refractivity contribution < 1.29 is 0 Å². The molecule has 0 saturated heterocycles. The molecule has 1 unspecified atom stereocenters. The van der Waals surface area contributed by atoms with Crippen LogP contribution in [-0.4, -0.2) is 0 Å².